The molecule has 3 atom stereocenters. The van der Waals surface area contributed by atoms with E-state index in [2.05, 4.69) is 15.1 Å². The molecule has 116 valence electrons. The Morgan fingerprint density at radius 2 is 2.27 bits per heavy atom. The van der Waals surface area contributed by atoms with Crippen molar-refractivity contribution in [2.24, 2.45) is 10.8 Å². The van der Waals surface area contributed by atoms with Crippen LogP contribution in [0.2, 0.25) is 0 Å². The van der Waals surface area contributed by atoms with E-state index in [4.69, 9.17) is 10.5 Å². The smallest absolute Gasteiger partial charge is 0.162 e. The molecule has 4 rings (SSSR count). The van der Waals surface area contributed by atoms with Crippen molar-refractivity contribution in [1.29, 1.82) is 0 Å². The zero-order valence-corrected chi connectivity index (χ0v) is 11.9. The van der Waals surface area contributed by atoms with Crippen LogP contribution in [0.25, 0.3) is 11.0 Å². The zero-order valence-electron chi connectivity index (χ0n) is 11.9. The Hall–Kier alpha value is -2.23. The average molecular weight is 304 g/mol. The molecule has 2 aromatic heterocycles. The monoisotopic (exact) mass is 304 g/mol. The molecule has 2 aliphatic rings. The van der Waals surface area contributed by atoms with Crippen molar-refractivity contribution in [2.75, 3.05) is 18.7 Å². The molecule has 4 N–H and O–H groups in total. The Morgan fingerprint density at radius 3 is 3.00 bits per heavy atom. The molecule has 22 heavy (non-hydrogen) atoms. The average Bonchev–Trinajstić information content (AvgIpc) is 3.06. The summed E-state index contributed by atoms with van der Waals surface area (Å²) in [6.45, 7) is -0.133. The maximum atomic E-state index is 10.2. The van der Waals surface area contributed by atoms with Crippen LogP contribution in [0.5, 0.6) is 0 Å². The van der Waals surface area contributed by atoms with Crippen LogP contribution in [0, 0.1) is 0 Å². The molecular weight excluding hydrogens is 288 g/mol. The minimum absolute atomic E-state index is 0.133. The van der Waals surface area contributed by atoms with Crippen molar-refractivity contribution in [1.82, 2.24) is 14.5 Å². The number of rotatable bonds is 2. The van der Waals surface area contributed by atoms with Crippen molar-refractivity contribution in [3.8, 4) is 0 Å². The van der Waals surface area contributed by atoms with Gasteiger partial charge in [0.15, 0.2) is 17.9 Å². The SMILES string of the molecule is CN1N=C(N)c2cn([C@@H]3O[C@H](CO)C[C@H]3O)c3ncnc1c23. The van der Waals surface area contributed by atoms with Crippen molar-refractivity contribution >= 4 is 22.7 Å². The van der Waals surface area contributed by atoms with Gasteiger partial charge < -0.3 is 25.3 Å². The molecule has 0 bridgehead atoms. The van der Waals surface area contributed by atoms with Crippen LogP contribution in [0.15, 0.2) is 17.6 Å². The maximum Gasteiger partial charge on any atom is 0.162 e. The van der Waals surface area contributed by atoms with E-state index in [9.17, 15) is 10.2 Å². The lowest BCUT2D eigenvalue weighted by Crippen LogP contribution is -2.25. The van der Waals surface area contributed by atoms with Crippen LogP contribution >= 0.6 is 0 Å². The normalized spacial score (nSPS) is 27.5. The molecule has 0 amide bonds. The number of aromatic nitrogens is 3. The molecule has 1 fully saturated rings. The maximum absolute atomic E-state index is 10.2. The van der Waals surface area contributed by atoms with Crippen LogP contribution in [-0.2, 0) is 4.74 Å². The summed E-state index contributed by atoms with van der Waals surface area (Å²) in [7, 11) is 1.76. The second-order valence-electron chi connectivity index (χ2n) is 5.49. The standard InChI is InChI=1S/C13H16N6O3/c1-18-11-9-7(10(14)17-18)3-19(12(9)16-5-15-11)13-8(21)2-6(4-20)22-13/h3,5-6,8,13,20-21H,2,4H2,1H3,(H2,14,17)/t6-,8+,13+/m0/s1. The van der Waals surface area contributed by atoms with Crippen molar-refractivity contribution in [3.63, 3.8) is 0 Å². The lowest BCUT2D eigenvalue weighted by atomic mass is 10.2. The number of nitrogens with two attached hydrogens (primary N) is 1. The number of anilines is 1. The van der Waals surface area contributed by atoms with E-state index in [1.807, 2.05) is 0 Å². The van der Waals surface area contributed by atoms with Gasteiger partial charge in [0, 0.05) is 25.2 Å². The summed E-state index contributed by atoms with van der Waals surface area (Å²) in [5, 5.41) is 26.0. The minimum Gasteiger partial charge on any atom is -0.394 e. The molecule has 0 aliphatic carbocycles. The van der Waals surface area contributed by atoms with E-state index >= 15 is 0 Å². The first-order valence-electron chi connectivity index (χ1n) is 6.98. The Bertz CT molecular complexity index is 772. The molecule has 0 spiro atoms. The number of hydrogen-bond donors (Lipinski definition) is 3. The fourth-order valence-corrected chi connectivity index (χ4v) is 3.06. The van der Waals surface area contributed by atoms with Gasteiger partial charge in [0.2, 0.25) is 0 Å². The lowest BCUT2D eigenvalue weighted by Gasteiger charge is -2.19. The van der Waals surface area contributed by atoms with Gasteiger partial charge in [-0.15, -0.1) is 0 Å². The van der Waals surface area contributed by atoms with Gasteiger partial charge in [-0.1, -0.05) is 0 Å². The van der Waals surface area contributed by atoms with Gasteiger partial charge >= 0.3 is 0 Å². The molecule has 0 unspecified atom stereocenters. The molecule has 9 heteroatoms. The molecule has 0 radical (unpaired) electrons. The van der Waals surface area contributed by atoms with Crippen LogP contribution in [0.3, 0.4) is 0 Å². The first-order chi connectivity index (χ1) is 10.6. The van der Waals surface area contributed by atoms with Gasteiger partial charge in [0.05, 0.1) is 18.1 Å². The summed E-state index contributed by atoms with van der Waals surface area (Å²) >= 11 is 0. The van der Waals surface area contributed by atoms with Crippen LogP contribution < -0.4 is 10.7 Å². The Morgan fingerprint density at radius 1 is 1.45 bits per heavy atom. The number of aliphatic hydroxyl groups is 2. The summed E-state index contributed by atoms with van der Waals surface area (Å²) < 4.78 is 7.44. The van der Waals surface area contributed by atoms with Crippen LogP contribution in [0.1, 0.15) is 18.2 Å². The van der Waals surface area contributed by atoms with Gasteiger partial charge in [-0.3, -0.25) is 0 Å². The summed E-state index contributed by atoms with van der Waals surface area (Å²) in [6, 6.07) is 0. The van der Waals surface area contributed by atoms with E-state index in [1.165, 1.54) is 6.33 Å². The Labute approximate surface area is 125 Å². The highest BCUT2D eigenvalue weighted by molar-refractivity contribution is 6.13. The fraction of sp³-hybridized carbons (Fsp3) is 0.462. The van der Waals surface area contributed by atoms with E-state index in [0.717, 1.165) is 5.39 Å². The lowest BCUT2D eigenvalue weighted by molar-refractivity contribution is -0.0484. The highest BCUT2D eigenvalue weighted by Crippen LogP contribution is 2.36. The van der Waals surface area contributed by atoms with Crippen molar-refractivity contribution in [3.05, 3.63) is 18.1 Å². The zero-order chi connectivity index (χ0) is 15.4. The second kappa shape index (κ2) is 4.63. The predicted octanol–water partition coefficient (Wildman–Crippen LogP) is -0.858. The number of hydrogen-bond acceptors (Lipinski definition) is 8. The highest BCUT2D eigenvalue weighted by Gasteiger charge is 2.37. The van der Waals surface area contributed by atoms with Crippen molar-refractivity contribution < 1.29 is 14.9 Å². The molecule has 2 aromatic rings. The quantitative estimate of drug-likeness (QED) is 0.660. The minimum atomic E-state index is -0.726. The molecular formula is C13H16N6O3. The summed E-state index contributed by atoms with van der Waals surface area (Å²) in [5.74, 6) is 1.01. The second-order valence-corrected chi connectivity index (χ2v) is 5.49. The van der Waals surface area contributed by atoms with Crippen LogP contribution in [0.4, 0.5) is 5.82 Å². The highest BCUT2D eigenvalue weighted by atomic mass is 16.5. The third-order valence-corrected chi connectivity index (χ3v) is 4.07. The molecule has 2 aliphatic heterocycles. The molecule has 0 aromatic carbocycles. The van der Waals surface area contributed by atoms with Gasteiger partial charge in [0.25, 0.3) is 0 Å². The van der Waals surface area contributed by atoms with Gasteiger partial charge in [-0.25, -0.2) is 15.0 Å². The molecule has 1 saturated heterocycles. The van der Waals surface area contributed by atoms with E-state index in [-0.39, 0.29) is 12.7 Å². The van der Waals surface area contributed by atoms with Crippen LogP contribution in [-0.4, -0.2) is 56.4 Å². The Balaban J connectivity index is 1.90. The molecule has 4 heterocycles. The number of ether oxygens (including phenoxy) is 1. The largest absolute Gasteiger partial charge is 0.394 e. The van der Waals surface area contributed by atoms with Gasteiger partial charge in [-0.05, 0) is 0 Å². The first-order valence-corrected chi connectivity index (χ1v) is 6.98. The number of aliphatic hydroxyl groups excluding tert-OH is 2. The predicted molar refractivity (Wildman–Crippen MR) is 78.3 cm³/mol. The third kappa shape index (κ3) is 1.73. The summed E-state index contributed by atoms with van der Waals surface area (Å²) in [5.41, 5.74) is 7.32. The molecule has 0 saturated carbocycles. The number of amidine groups is 1. The van der Waals surface area contributed by atoms with E-state index < -0.39 is 12.3 Å². The fourth-order valence-electron chi connectivity index (χ4n) is 3.06. The number of nitrogens with zero attached hydrogens (tertiary/aromatic N) is 5. The third-order valence-electron chi connectivity index (χ3n) is 4.07. The summed E-state index contributed by atoms with van der Waals surface area (Å²) in [6.07, 6.45) is 1.85. The number of hydrazone groups is 1. The van der Waals surface area contributed by atoms with Crippen molar-refractivity contribution in [2.45, 2.75) is 24.9 Å². The van der Waals surface area contributed by atoms with E-state index in [0.29, 0.717) is 29.3 Å². The topological polar surface area (TPSA) is 122 Å². The first kappa shape index (κ1) is 13.4. The summed E-state index contributed by atoms with van der Waals surface area (Å²) in [4.78, 5) is 8.54. The van der Waals surface area contributed by atoms with Gasteiger partial charge in [-0.2, -0.15) is 5.10 Å². The van der Waals surface area contributed by atoms with E-state index in [1.54, 1.807) is 22.8 Å². The molecule has 9 nitrogen and oxygen atoms in total. The van der Waals surface area contributed by atoms with Gasteiger partial charge in [0.1, 0.15) is 18.1 Å². The Kier molecular flexibility index (Phi) is 2.83.